The normalized spacial score (nSPS) is 15.6. The fourth-order valence-electron chi connectivity index (χ4n) is 2.08. The molecule has 0 atom stereocenters. The molecule has 1 heterocycles. The highest BCUT2D eigenvalue weighted by Gasteiger charge is 2.22. The lowest BCUT2D eigenvalue weighted by Gasteiger charge is -2.19. The zero-order valence-electron chi connectivity index (χ0n) is 11.5. The van der Waals surface area contributed by atoms with Crippen molar-refractivity contribution in [2.45, 2.75) is 11.3 Å². The van der Waals surface area contributed by atoms with Crippen molar-refractivity contribution in [1.29, 1.82) is 0 Å². The molecule has 0 aromatic heterocycles. The number of thioether (sulfide) groups is 1. The summed E-state index contributed by atoms with van der Waals surface area (Å²) in [4.78, 5) is 26.7. The van der Waals surface area contributed by atoms with Gasteiger partial charge in [0, 0.05) is 30.2 Å². The first-order valence-electron chi connectivity index (χ1n) is 6.66. The smallest absolute Gasteiger partial charge is 0.313 e. The highest BCUT2D eigenvalue weighted by Crippen LogP contribution is 2.18. The fraction of sp³-hybridized carbons (Fsp3) is 0.429. The summed E-state index contributed by atoms with van der Waals surface area (Å²) < 4.78 is 0. The second-order valence-electron chi connectivity index (χ2n) is 4.58. The summed E-state index contributed by atoms with van der Waals surface area (Å²) >= 11 is 1.59. The van der Waals surface area contributed by atoms with Crippen LogP contribution in [-0.2, 0) is 9.59 Å². The summed E-state index contributed by atoms with van der Waals surface area (Å²) in [7, 11) is 0. The zero-order valence-corrected chi connectivity index (χ0v) is 12.3. The lowest BCUT2D eigenvalue weighted by molar-refractivity contribution is -0.143. The average Bonchev–Trinajstić information content (AvgIpc) is 2.75. The Balaban J connectivity index is 1.97. The summed E-state index contributed by atoms with van der Waals surface area (Å²) in [5, 5.41) is 5.88. The summed E-state index contributed by atoms with van der Waals surface area (Å²) in [5.74, 6) is -1.02. The van der Waals surface area contributed by atoms with Crippen LogP contribution in [0.15, 0.2) is 29.2 Å². The van der Waals surface area contributed by atoms with Crippen molar-refractivity contribution in [3.63, 3.8) is 0 Å². The molecule has 108 valence electrons. The summed E-state index contributed by atoms with van der Waals surface area (Å²) in [6.45, 7) is 2.84. The minimum Gasteiger partial charge on any atom is -0.333 e. The van der Waals surface area contributed by atoms with Gasteiger partial charge in [0.25, 0.3) is 0 Å². The van der Waals surface area contributed by atoms with Crippen LogP contribution in [0.1, 0.15) is 6.42 Å². The van der Waals surface area contributed by atoms with Crippen LogP contribution in [0.25, 0.3) is 0 Å². The summed E-state index contributed by atoms with van der Waals surface area (Å²) in [5.41, 5.74) is 0.656. The van der Waals surface area contributed by atoms with Crippen molar-refractivity contribution < 1.29 is 9.59 Å². The maximum absolute atomic E-state index is 12.1. The van der Waals surface area contributed by atoms with Crippen LogP contribution < -0.4 is 10.6 Å². The third-order valence-corrected chi connectivity index (χ3v) is 3.87. The Kier molecular flexibility index (Phi) is 5.43. The Morgan fingerprint density at radius 1 is 1.30 bits per heavy atom. The van der Waals surface area contributed by atoms with E-state index in [1.807, 2.05) is 24.5 Å². The largest absolute Gasteiger partial charge is 0.333 e. The van der Waals surface area contributed by atoms with E-state index >= 15 is 0 Å². The van der Waals surface area contributed by atoms with Gasteiger partial charge >= 0.3 is 11.8 Å². The molecule has 2 amide bonds. The molecular formula is C14H19N3O2S. The maximum Gasteiger partial charge on any atom is 0.313 e. The second-order valence-corrected chi connectivity index (χ2v) is 5.46. The molecule has 6 heteroatoms. The molecule has 1 aromatic carbocycles. The Morgan fingerprint density at radius 2 is 2.15 bits per heavy atom. The molecule has 0 spiro atoms. The van der Waals surface area contributed by atoms with Crippen molar-refractivity contribution in [2.24, 2.45) is 0 Å². The third kappa shape index (κ3) is 3.98. The lowest BCUT2D eigenvalue weighted by atomic mass is 10.3. The number of amides is 2. The third-order valence-electron chi connectivity index (χ3n) is 3.15. The van der Waals surface area contributed by atoms with Gasteiger partial charge in [-0.1, -0.05) is 6.07 Å². The van der Waals surface area contributed by atoms with Gasteiger partial charge in [-0.15, -0.1) is 11.8 Å². The van der Waals surface area contributed by atoms with Crippen LogP contribution in [0.2, 0.25) is 0 Å². The van der Waals surface area contributed by atoms with Gasteiger partial charge < -0.3 is 15.5 Å². The van der Waals surface area contributed by atoms with Gasteiger partial charge in [-0.3, -0.25) is 9.59 Å². The molecule has 5 nitrogen and oxygen atoms in total. The van der Waals surface area contributed by atoms with Crippen LogP contribution >= 0.6 is 11.8 Å². The first kappa shape index (κ1) is 14.9. The zero-order chi connectivity index (χ0) is 14.4. The number of carbonyl (C=O) groups is 2. The van der Waals surface area contributed by atoms with Gasteiger partial charge in [-0.25, -0.2) is 0 Å². The van der Waals surface area contributed by atoms with E-state index < -0.39 is 11.8 Å². The van der Waals surface area contributed by atoms with E-state index in [0.29, 0.717) is 18.8 Å². The SMILES string of the molecule is CSc1cccc(NC(=O)C(=O)N2CCCNCC2)c1. The molecule has 1 aromatic rings. The first-order valence-corrected chi connectivity index (χ1v) is 7.88. The Hall–Kier alpha value is -1.53. The highest BCUT2D eigenvalue weighted by molar-refractivity contribution is 7.98. The monoisotopic (exact) mass is 293 g/mol. The number of carbonyl (C=O) groups excluding carboxylic acids is 2. The number of hydrogen-bond donors (Lipinski definition) is 2. The van der Waals surface area contributed by atoms with E-state index in [1.165, 1.54) is 0 Å². The molecule has 1 aliphatic rings. The number of anilines is 1. The van der Waals surface area contributed by atoms with Crippen molar-refractivity contribution >= 4 is 29.3 Å². The number of benzene rings is 1. The van der Waals surface area contributed by atoms with Gasteiger partial charge in [-0.05, 0) is 37.4 Å². The van der Waals surface area contributed by atoms with Crippen LogP contribution in [0.4, 0.5) is 5.69 Å². The molecule has 1 aliphatic heterocycles. The number of nitrogens with one attached hydrogen (secondary N) is 2. The van der Waals surface area contributed by atoms with E-state index in [-0.39, 0.29) is 0 Å². The van der Waals surface area contributed by atoms with Crippen molar-refractivity contribution in [1.82, 2.24) is 10.2 Å². The van der Waals surface area contributed by atoms with E-state index in [1.54, 1.807) is 22.7 Å². The summed E-state index contributed by atoms with van der Waals surface area (Å²) in [6, 6.07) is 7.47. The average molecular weight is 293 g/mol. The summed E-state index contributed by atoms with van der Waals surface area (Å²) in [6.07, 6.45) is 2.84. The Bertz CT molecular complexity index is 485. The van der Waals surface area contributed by atoms with Crippen molar-refractivity contribution in [3.05, 3.63) is 24.3 Å². The molecule has 2 rings (SSSR count). The quantitative estimate of drug-likeness (QED) is 0.635. The van der Waals surface area contributed by atoms with E-state index in [0.717, 1.165) is 24.4 Å². The molecule has 0 bridgehead atoms. The van der Waals surface area contributed by atoms with Gasteiger partial charge in [0.2, 0.25) is 0 Å². The van der Waals surface area contributed by atoms with E-state index in [2.05, 4.69) is 10.6 Å². The van der Waals surface area contributed by atoms with Gasteiger partial charge in [0.05, 0.1) is 0 Å². The van der Waals surface area contributed by atoms with Gasteiger partial charge in [0.1, 0.15) is 0 Å². The van der Waals surface area contributed by atoms with Crippen LogP contribution in [0.3, 0.4) is 0 Å². The lowest BCUT2D eigenvalue weighted by Crippen LogP contribution is -2.41. The molecule has 1 fully saturated rings. The van der Waals surface area contributed by atoms with E-state index in [9.17, 15) is 9.59 Å². The van der Waals surface area contributed by atoms with Gasteiger partial charge in [0.15, 0.2) is 0 Å². The minimum atomic E-state index is -0.565. The molecule has 0 radical (unpaired) electrons. The fourth-order valence-corrected chi connectivity index (χ4v) is 2.54. The minimum absolute atomic E-state index is 0.455. The molecule has 2 N–H and O–H groups in total. The predicted molar refractivity (Wildman–Crippen MR) is 80.9 cm³/mol. The first-order chi connectivity index (χ1) is 9.70. The molecule has 0 aliphatic carbocycles. The van der Waals surface area contributed by atoms with Gasteiger partial charge in [-0.2, -0.15) is 0 Å². The number of nitrogens with zero attached hydrogens (tertiary/aromatic N) is 1. The van der Waals surface area contributed by atoms with E-state index in [4.69, 9.17) is 0 Å². The Morgan fingerprint density at radius 3 is 2.95 bits per heavy atom. The predicted octanol–water partition coefficient (Wildman–Crippen LogP) is 1.17. The van der Waals surface area contributed by atoms with Crippen molar-refractivity contribution in [2.75, 3.05) is 37.8 Å². The number of rotatable bonds is 2. The van der Waals surface area contributed by atoms with Crippen LogP contribution in [-0.4, -0.2) is 49.1 Å². The molecule has 20 heavy (non-hydrogen) atoms. The topological polar surface area (TPSA) is 61.4 Å². The standard InChI is InChI=1S/C14H19N3O2S/c1-20-12-5-2-4-11(10-12)16-13(18)14(19)17-8-3-6-15-7-9-17/h2,4-5,10,15H,3,6-9H2,1H3,(H,16,18). The Labute approximate surface area is 123 Å². The van der Waals surface area contributed by atoms with Crippen LogP contribution in [0, 0.1) is 0 Å². The molecule has 1 saturated heterocycles. The van der Waals surface area contributed by atoms with Crippen molar-refractivity contribution in [3.8, 4) is 0 Å². The highest BCUT2D eigenvalue weighted by atomic mass is 32.2. The molecule has 0 saturated carbocycles. The second kappa shape index (κ2) is 7.31. The van der Waals surface area contributed by atoms with Crippen LogP contribution in [0.5, 0.6) is 0 Å². The molecular weight excluding hydrogens is 274 g/mol. The maximum atomic E-state index is 12.1. The number of hydrogen-bond acceptors (Lipinski definition) is 4. The molecule has 0 unspecified atom stereocenters.